The summed E-state index contributed by atoms with van der Waals surface area (Å²) < 4.78 is 37.0. The summed E-state index contributed by atoms with van der Waals surface area (Å²) in [6, 6.07) is 1.86. The number of nitrogens with zero attached hydrogens (tertiary/aromatic N) is 1. The third kappa shape index (κ3) is 1.94. The van der Waals surface area contributed by atoms with Gasteiger partial charge in [-0.3, -0.25) is 9.78 Å². The Balaban J connectivity index is 2.32. The van der Waals surface area contributed by atoms with Crippen LogP contribution in [-0.2, 0) is 16.4 Å². The smallest absolute Gasteiger partial charge is 0.417 e. The van der Waals surface area contributed by atoms with Gasteiger partial charge in [-0.15, -0.1) is 0 Å². The lowest BCUT2D eigenvalue weighted by Gasteiger charge is -2.41. The lowest BCUT2D eigenvalue weighted by Crippen LogP contribution is -2.51. The van der Waals surface area contributed by atoms with Crippen LogP contribution in [0.3, 0.4) is 0 Å². The van der Waals surface area contributed by atoms with E-state index in [4.69, 9.17) is 5.11 Å². The molecule has 0 atom stereocenters. The molecule has 1 aliphatic carbocycles. The molecule has 0 spiro atoms. The summed E-state index contributed by atoms with van der Waals surface area (Å²) in [6.07, 6.45) is -4.68. The average molecular weight is 261 g/mol. The first kappa shape index (κ1) is 12.8. The lowest BCUT2D eigenvalue weighted by molar-refractivity contribution is -0.153. The Morgan fingerprint density at radius 3 is 2.33 bits per heavy atom. The quantitative estimate of drug-likeness (QED) is 0.847. The highest BCUT2D eigenvalue weighted by Gasteiger charge is 2.52. The maximum absolute atomic E-state index is 12.3. The molecule has 1 aliphatic rings. The highest BCUT2D eigenvalue weighted by molar-refractivity contribution is 5.82. The van der Waals surface area contributed by atoms with Crippen molar-refractivity contribution in [1.29, 1.82) is 0 Å². The Bertz CT molecular complexity index is 463. The molecule has 2 rings (SSSR count). The Morgan fingerprint density at radius 1 is 1.39 bits per heavy atom. The number of carboxylic acids is 1. The van der Waals surface area contributed by atoms with Gasteiger partial charge in [0.1, 0.15) is 5.41 Å². The lowest BCUT2D eigenvalue weighted by atomic mass is 9.64. The normalized spacial score (nSPS) is 27.7. The van der Waals surface area contributed by atoms with Crippen molar-refractivity contribution in [3.8, 4) is 0 Å². The van der Waals surface area contributed by atoms with E-state index in [1.165, 1.54) is 0 Å². The van der Waals surface area contributed by atoms with Gasteiger partial charge in [0, 0.05) is 6.20 Å². The molecule has 0 amide bonds. The predicted octanol–water partition coefficient (Wildman–Crippen LogP) is 1.58. The number of hydrogen-bond acceptors (Lipinski definition) is 3. The zero-order chi connectivity index (χ0) is 13.6. The third-order valence-corrected chi connectivity index (χ3v) is 3.16. The van der Waals surface area contributed by atoms with Crippen LogP contribution in [0.4, 0.5) is 13.2 Å². The number of aromatic nitrogens is 1. The molecule has 0 radical (unpaired) electrons. The topological polar surface area (TPSA) is 70.4 Å². The van der Waals surface area contributed by atoms with Gasteiger partial charge in [-0.2, -0.15) is 13.2 Å². The molecule has 4 nitrogen and oxygen atoms in total. The largest absolute Gasteiger partial charge is 0.481 e. The zero-order valence-corrected chi connectivity index (χ0v) is 9.11. The van der Waals surface area contributed by atoms with Gasteiger partial charge in [0.05, 0.1) is 17.4 Å². The molecule has 2 N–H and O–H groups in total. The number of hydrogen-bond donors (Lipinski definition) is 2. The number of rotatable bonds is 2. The molecule has 0 aromatic carbocycles. The fourth-order valence-electron chi connectivity index (χ4n) is 2.08. The maximum Gasteiger partial charge on any atom is 0.417 e. The average Bonchev–Trinajstić information content (AvgIpc) is 2.23. The number of halogens is 3. The Kier molecular flexibility index (Phi) is 2.81. The van der Waals surface area contributed by atoms with Crippen LogP contribution in [0.15, 0.2) is 18.3 Å². The summed E-state index contributed by atoms with van der Waals surface area (Å²) in [6.45, 7) is 0. The van der Waals surface area contributed by atoms with Gasteiger partial charge >= 0.3 is 12.1 Å². The molecule has 0 saturated heterocycles. The number of aliphatic hydroxyl groups is 1. The molecule has 1 aromatic rings. The summed E-state index contributed by atoms with van der Waals surface area (Å²) >= 11 is 0. The summed E-state index contributed by atoms with van der Waals surface area (Å²) in [7, 11) is 0. The molecule has 1 fully saturated rings. The van der Waals surface area contributed by atoms with E-state index in [-0.39, 0.29) is 18.5 Å². The van der Waals surface area contributed by atoms with Crippen LogP contribution in [0.25, 0.3) is 0 Å². The van der Waals surface area contributed by atoms with Gasteiger partial charge in [0.2, 0.25) is 0 Å². The van der Waals surface area contributed by atoms with Crippen LogP contribution >= 0.6 is 0 Å². The third-order valence-electron chi connectivity index (χ3n) is 3.16. The number of alkyl halides is 3. The molecule has 1 saturated carbocycles. The highest BCUT2D eigenvalue weighted by atomic mass is 19.4. The second kappa shape index (κ2) is 3.94. The van der Waals surface area contributed by atoms with Crippen LogP contribution in [0, 0.1) is 0 Å². The Morgan fingerprint density at radius 2 is 2.00 bits per heavy atom. The molecule has 1 aromatic heterocycles. The fraction of sp³-hybridized carbons (Fsp3) is 0.455. The first-order chi connectivity index (χ1) is 8.25. The van der Waals surface area contributed by atoms with Crippen molar-refractivity contribution in [3.05, 3.63) is 29.6 Å². The summed E-state index contributed by atoms with van der Waals surface area (Å²) in [5.41, 5.74) is -2.23. The number of carboxylic acid groups (broad SMARTS) is 1. The van der Waals surface area contributed by atoms with E-state index in [1.807, 2.05) is 0 Å². The molecular formula is C11H10F3NO3. The van der Waals surface area contributed by atoms with Gasteiger partial charge in [-0.1, -0.05) is 0 Å². The van der Waals surface area contributed by atoms with E-state index in [0.717, 1.165) is 12.1 Å². The van der Waals surface area contributed by atoms with Crippen LogP contribution in [0.1, 0.15) is 24.1 Å². The van der Waals surface area contributed by atoms with Crippen LogP contribution in [0.5, 0.6) is 0 Å². The van der Waals surface area contributed by atoms with Crippen molar-refractivity contribution in [2.24, 2.45) is 0 Å². The summed E-state index contributed by atoms with van der Waals surface area (Å²) in [5, 5.41) is 18.3. The minimum Gasteiger partial charge on any atom is -0.481 e. The Hall–Kier alpha value is -1.63. The van der Waals surface area contributed by atoms with E-state index >= 15 is 0 Å². The standard InChI is InChI=1S/C11H10F3NO3/c12-11(13,14)6-1-2-8(15-5-6)10(9(17)18)3-7(16)4-10/h1-2,5,7,16H,3-4H2,(H,17,18). The van der Waals surface area contributed by atoms with Gasteiger partial charge in [0.25, 0.3) is 0 Å². The summed E-state index contributed by atoms with van der Waals surface area (Å²) in [5.74, 6) is -1.18. The van der Waals surface area contributed by atoms with Crippen molar-refractivity contribution < 1.29 is 28.2 Å². The van der Waals surface area contributed by atoms with E-state index in [2.05, 4.69) is 4.98 Å². The van der Waals surface area contributed by atoms with Crippen molar-refractivity contribution in [2.75, 3.05) is 0 Å². The van der Waals surface area contributed by atoms with Gasteiger partial charge < -0.3 is 10.2 Å². The second-order valence-electron chi connectivity index (χ2n) is 4.38. The van der Waals surface area contributed by atoms with Gasteiger partial charge in [-0.05, 0) is 25.0 Å². The minimum absolute atomic E-state index is 0.0271. The van der Waals surface area contributed by atoms with E-state index in [0.29, 0.717) is 6.20 Å². The van der Waals surface area contributed by atoms with Crippen LogP contribution in [-0.4, -0.2) is 27.3 Å². The predicted molar refractivity (Wildman–Crippen MR) is 53.8 cm³/mol. The zero-order valence-electron chi connectivity index (χ0n) is 9.11. The first-order valence-corrected chi connectivity index (χ1v) is 5.21. The van der Waals surface area contributed by atoms with Crippen molar-refractivity contribution in [1.82, 2.24) is 4.98 Å². The highest BCUT2D eigenvalue weighted by Crippen LogP contribution is 2.43. The van der Waals surface area contributed by atoms with Crippen molar-refractivity contribution in [2.45, 2.75) is 30.5 Å². The maximum atomic E-state index is 12.3. The number of aliphatic carboxylic acids is 1. The second-order valence-corrected chi connectivity index (χ2v) is 4.38. The molecule has 98 valence electrons. The van der Waals surface area contributed by atoms with Crippen molar-refractivity contribution in [3.63, 3.8) is 0 Å². The summed E-state index contributed by atoms with van der Waals surface area (Å²) in [4.78, 5) is 14.7. The van der Waals surface area contributed by atoms with Crippen LogP contribution < -0.4 is 0 Å². The number of aliphatic hydroxyl groups excluding tert-OH is 1. The molecule has 1 heterocycles. The monoisotopic (exact) mass is 261 g/mol. The molecule has 18 heavy (non-hydrogen) atoms. The fourth-order valence-corrected chi connectivity index (χ4v) is 2.08. The van der Waals surface area contributed by atoms with Gasteiger partial charge in [-0.25, -0.2) is 0 Å². The number of carbonyl (C=O) groups is 1. The molecule has 7 heteroatoms. The van der Waals surface area contributed by atoms with E-state index in [9.17, 15) is 23.1 Å². The molecule has 0 unspecified atom stereocenters. The SMILES string of the molecule is O=C(O)C1(c2ccc(C(F)(F)F)cn2)CC(O)C1. The van der Waals surface area contributed by atoms with E-state index in [1.54, 1.807) is 0 Å². The minimum atomic E-state index is -4.50. The van der Waals surface area contributed by atoms with Gasteiger partial charge in [0.15, 0.2) is 0 Å². The molecule has 0 aliphatic heterocycles. The van der Waals surface area contributed by atoms with Crippen molar-refractivity contribution >= 4 is 5.97 Å². The van der Waals surface area contributed by atoms with E-state index < -0.39 is 29.2 Å². The first-order valence-electron chi connectivity index (χ1n) is 5.21. The molecular weight excluding hydrogens is 251 g/mol. The number of pyridine rings is 1. The Labute approximate surface area is 100 Å². The molecule has 0 bridgehead atoms. The van der Waals surface area contributed by atoms with Crippen LogP contribution in [0.2, 0.25) is 0 Å².